The van der Waals surface area contributed by atoms with E-state index in [1.54, 1.807) is 24.1 Å². The molecule has 5 nitrogen and oxygen atoms in total. The third-order valence-electron chi connectivity index (χ3n) is 3.75. The van der Waals surface area contributed by atoms with Gasteiger partial charge in [0.1, 0.15) is 11.5 Å². The van der Waals surface area contributed by atoms with Gasteiger partial charge in [0.05, 0.1) is 24.3 Å². The average molecular weight is 358 g/mol. The zero-order valence-electron chi connectivity index (χ0n) is 12.3. The largest absolute Gasteiger partial charge is 0.497 e. The number of aliphatic hydroxyl groups is 1. The van der Waals surface area contributed by atoms with Gasteiger partial charge in [-0.1, -0.05) is 0 Å². The number of hydrogen-bond donors (Lipinski definition) is 1. The van der Waals surface area contributed by atoms with Crippen LogP contribution in [0.1, 0.15) is 23.2 Å². The molecule has 1 aromatic rings. The van der Waals surface area contributed by atoms with E-state index in [1.807, 2.05) is 0 Å². The topological polar surface area (TPSA) is 59.0 Å². The van der Waals surface area contributed by atoms with Crippen molar-refractivity contribution in [3.05, 3.63) is 22.2 Å². The van der Waals surface area contributed by atoms with Crippen molar-refractivity contribution < 1.29 is 19.4 Å². The summed E-state index contributed by atoms with van der Waals surface area (Å²) < 4.78 is 11.2. The Morgan fingerprint density at radius 3 is 2.81 bits per heavy atom. The van der Waals surface area contributed by atoms with Gasteiger partial charge in [-0.25, -0.2) is 0 Å². The van der Waals surface area contributed by atoms with Crippen molar-refractivity contribution in [1.82, 2.24) is 4.90 Å². The molecule has 116 valence electrons. The molecular formula is C15H20BrNO4. The maximum Gasteiger partial charge on any atom is 0.257 e. The molecule has 1 saturated heterocycles. The van der Waals surface area contributed by atoms with Crippen LogP contribution in [-0.2, 0) is 0 Å². The number of hydrogen-bond acceptors (Lipinski definition) is 4. The molecule has 1 heterocycles. The van der Waals surface area contributed by atoms with Gasteiger partial charge in [-0.15, -0.1) is 0 Å². The second-order valence-electron chi connectivity index (χ2n) is 5.13. The minimum absolute atomic E-state index is 0.0930. The van der Waals surface area contributed by atoms with Gasteiger partial charge in [-0.2, -0.15) is 0 Å². The first-order chi connectivity index (χ1) is 10.1. The number of methoxy groups -OCH3 is 2. The number of carbonyl (C=O) groups excluding carboxylic acids is 1. The molecule has 0 aromatic heterocycles. The summed E-state index contributed by atoms with van der Waals surface area (Å²) in [5, 5.41) is 9.30. The predicted octanol–water partition coefficient (Wildman–Crippen LogP) is 2.31. The van der Waals surface area contributed by atoms with Crippen LogP contribution in [0.5, 0.6) is 11.5 Å². The lowest BCUT2D eigenvalue weighted by molar-refractivity contribution is 0.0617. The van der Waals surface area contributed by atoms with E-state index in [2.05, 4.69) is 15.9 Å². The Hall–Kier alpha value is -1.27. The van der Waals surface area contributed by atoms with Gasteiger partial charge >= 0.3 is 0 Å². The Bertz CT molecular complexity index is 521. The first kappa shape index (κ1) is 16.1. The lowest BCUT2D eigenvalue weighted by atomic mass is 9.98. The van der Waals surface area contributed by atoms with Crippen molar-refractivity contribution in [3.63, 3.8) is 0 Å². The third-order valence-corrected chi connectivity index (χ3v) is 4.34. The fraction of sp³-hybridized carbons (Fsp3) is 0.533. The van der Waals surface area contributed by atoms with Gasteiger partial charge < -0.3 is 19.5 Å². The summed E-state index contributed by atoms with van der Waals surface area (Å²) in [5.41, 5.74) is 0.474. The number of ether oxygens (including phenoxy) is 2. The molecular weight excluding hydrogens is 338 g/mol. The molecule has 0 bridgehead atoms. The number of nitrogens with zero attached hydrogens (tertiary/aromatic N) is 1. The Morgan fingerprint density at radius 2 is 2.19 bits per heavy atom. The van der Waals surface area contributed by atoms with E-state index in [1.165, 1.54) is 7.11 Å². The molecule has 1 aliphatic heterocycles. The Morgan fingerprint density at radius 1 is 1.43 bits per heavy atom. The number of likely N-dealkylation sites (tertiary alicyclic amines) is 1. The molecule has 21 heavy (non-hydrogen) atoms. The summed E-state index contributed by atoms with van der Waals surface area (Å²) in [6, 6.07) is 3.46. The van der Waals surface area contributed by atoms with Crippen molar-refractivity contribution in [3.8, 4) is 11.5 Å². The molecule has 0 saturated carbocycles. The van der Waals surface area contributed by atoms with Crippen LogP contribution in [0.15, 0.2) is 16.6 Å². The minimum atomic E-state index is -0.0930. The smallest absolute Gasteiger partial charge is 0.257 e. The van der Waals surface area contributed by atoms with Gasteiger partial charge in [-0.3, -0.25) is 4.79 Å². The molecule has 1 unspecified atom stereocenters. The molecule has 0 aliphatic carbocycles. The number of rotatable bonds is 4. The molecule has 0 radical (unpaired) electrons. The molecule has 1 N–H and O–H groups in total. The van der Waals surface area contributed by atoms with Crippen LogP contribution in [0.3, 0.4) is 0 Å². The molecule has 1 aliphatic rings. The van der Waals surface area contributed by atoms with E-state index in [9.17, 15) is 9.90 Å². The monoisotopic (exact) mass is 357 g/mol. The zero-order valence-corrected chi connectivity index (χ0v) is 13.9. The van der Waals surface area contributed by atoms with Gasteiger partial charge in [0.2, 0.25) is 0 Å². The van der Waals surface area contributed by atoms with Gasteiger partial charge in [-0.05, 0) is 46.8 Å². The van der Waals surface area contributed by atoms with Crippen LogP contribution >= 0.6 is 15.9 Å². The van der Waals surface area contributed by atoms with Crippen LogP contribution in [-0.4, -0.2) is 49.8 Å². The Kier molecular flexibility index (Phi) is 5.47. The quantitative estimate of drug-likeness (QED) is 0.898. The van der Waals surface area contributed by atoms with Gasteiger partial charge in [0.15, 0.2) is 0 Å². The van der Waals surface area contributed by atoms with E-state index in [0.717, 1.165) is 12.8 Å². The highest BCUT2D eigenvalue weighted by molar-refractivity contribution is 9.10. The van der Waals surface area contributed by atoms with E-state index in [-0.39, 0.29) is 18.4 Å². The van der Waals surface area contributed by atoms with Gasteiger partial charge in [0, 0.05) is 19.7 Å². The van der Waals surface area contributed by atoms with Crippen molar-refractivity contribution >= 4 is 21.8 Å². The number of benzene rings is 1. The molecule has 1 atom stereocenters. The summed E-state index contributed by atoms with van der Waals surface area (Å²) in [6.07, 6.45) is 1.86. The third kappa shape index (κ3) is 3.49. The van der Waals surface area contributed by atoms with Crippen LogP contribution in [0, 0.1) is 5.92 Å². The standard InChI is InChI=1S/C15H20BrNO4/c1-20-11-6-12(14(21-2)13(16)7-11)15(19)17-5-3-4-10(8-17)9-18/h6-7,10,18H,3-5,8-9H2,1-2H3. The summed E-state index contributed by atoms with van der Waals surface area (Å²) in [6.45, 7) is 1.39. The van der Waals surface area contributed by atoms with Crippen molar-refractivity contribution in [1.29, 1.82) is 0 Å². The van der Waals surface area contributed by atoms with E-state index >= 15 is 0 Å². The second-order valence-corrected chi connectivity index (χ2v) is 5.99. The predicted molar refractivity (Wildman–Crippen MR) is 83.0 cm³/mol. The van der Waals surface area contributed by atoms with Crippen molar-refractivity contribution in [2.45, 2.75) is 12.8 Å². The highest BCUT2D eigenvalue weighted by Crippen LogP contribution is 2.35. The normalized spacial score (nSPS) is 18.5. The molecule has 1 fully saturated rings. The number of carbonyl (C=O) groups is 1. The Balaban J connectivity index is 2.31. The molecule has 1 amide bonds. The van der Waals surface area contributed by atoms with Crippen LogP contribution in [0.25, 0.3) is 0 Å². The SMILES string of the molecule is COc1cc(Br)c(OC)c(C(=O)N2CCCC(CO)C2)c1. The summed E-state index contributed by atoms with van der Waals surface area (Å²) in [7, 11) is 3.10. The molecule has 2 rings (SSSR count). The van der Waals surface area contributed by atoms with Crippen LogP contribution < -0.4 is 9.47 Å². The van der Waals surface area contributed by atoms with E-state index < -0.39 is 0 Å². The second kappa shape index (κ2) is 7.13. The summed E-state index contributed by atoms with van der Waals surface area (Å²) in [4.78, 5) is 14.5. The number of amides is 1. The first-order valence-electron chi connectivity index (χ1n) is 6.92. The maximum atomic E-state index is 12.7. The first-order valence-corrected chi connectivity index (χ1v) is 7.71. The molecule has 6 heteroatoms. The van der Waals surface area contributed by atoms with Crippen LogP contribution in [0.2, 0.25) is 0 Å². The lowest BCUT2D eigenvalue weighted by Gasteiger charge is -2.32. The van der Waals surface area contributed by atoms with E-state index in [0.29, 0.717) is 34.6 Å². The lowest BCUT2D eigenvalue weighted by Crippen LogP contribution is -2.41. The molecule has 0 spiro atoms. The van der Waals surface area contributed by atoms with E-state index in [4.69, 9.17) is 9.47 Å². The summed E-state index contributed by atoms with van der Waals surface area (Å²) in [5.74, 6) is 1.17. The fourth-order valence-corrected chi connectivity index (χ4v) is 3.22. The Labute approximate surface area is 133 Å². The zero-order chi connectivity index (χ0) is 15.4. The van der Waals surface area contributed by atoms with Crippen LogP contribution in [0.4, 0.5) is 0 Å². The number of aliphatic hydroxyl groups excluding tert-OH is 1. The maximum absolute atomic E-state index is 12.7. The van der Waals surface area contributed by atoms with Crippen molar-refractivity contribution in [2.24, 2.45) is 5.92 Å². The highest BCUT2D eigenvalue weighted by Gasteiger charge is 2.27. The minimum Gasteiger partial charge on any atom is -0.497 e. The van der Waals surface area contributed by atoms with Gasteiger partial charge in [0.25, 0.3) is 5.91 Å². The summed E-state index contributed by atoms with van der Waals surface area (Å²) >= 11 is 3.40. The highest BCUT2D eigenvalue weighted by atomic mass is 79.9. The molecule has 1 aromatic carbocycles. The fourth-order valence-electron chi connectivity index (χ4n) is 2.62. The average Bonchev–Trinajstić information content (AvgIpc) is 2.53. The van der Waals surface area contributed by atoms with Crippen molar-refractivity contribution in [2.75, 3.05) is 33.9 Å². The number of piperidine rings is 1. The number of halogens is 1.